The number of alkyl carbamates (subject to hydrolysis) is 2. The summed E-state index contributed by atoms with van der Waals surface area (Å²) in [5.41, 5.74) is 0. The van der Waals surface area contributed by atoms with Gasteiger partial charge in [0.25, 0.3) is 0 Å². The number of nitrogens with one attached hydrogen (secondary N) is 2. The van der Waals surface area contributed by atoms with Gasteiger partial charge in [-0.05, 0) is 24.7 Å². The second-order valence-electron chi connectivity index (χ2n) is 7.80. The number of rotatable bonds is 13. The molecule has 2 amide bonds. The van der Waals surface area contributed by atoms with Gasteiger partial charge in [0, 0.05) is 13.1 Å². The largest absolute Gasteiger partial charge is 0.447 e. The molecule has 0 spiro atoms. The number of carbonyl (C=O) groups is 2. The normalized spacial score (nSPS) is 23.5. The van der Waals surface area contributed by atoms with E-state index >= 15 is 0 Å². The lowest BCUT2D eigenvalue weighted by atomic mass is 10.1. The summed E-state index contributed by atoms with van der Waals surface area (Å²) in [5, 5.41) is 5.09. The van der Waals surface area contributed by atoms with Gasteiger partial charge in [-0.25, -0.2) is 26.4 Å². The van der Waals surface area contributed by atoms with Gasteiger partial charge in [0.1, 0.15) is 13.2 Å². The molecule has 2 N–H and O–H groups in total. The second-order valence-corrected chi connectivity index (χ2v) is 12.3. The first-order chi connectivity index (χ1) is 15.2. The molecular weight excluding hydrogens is 468 g/mol. The molecular formula is C18H32N2O10S2. The molecule has 32 heavy (non-hydrogen) atoms. The molecule has 14 heteroatoms. The molecule has 2 fully saturated rings. The molecule has 0 aromatic carbocycles. The highest BCUT2D eigenvalue weighted by atomic mass is 32.2. The van der Waals surface area contributed by atoms with Crippen molar-refractivity contribution in [3.63, 3.8) is 0 Å². The van der Waals surface area contributed by atoms with E-state index in [-0.39, 0.29) is 87.6 Å². The van der Waals surface area contributed by atoms with Crippen LogP contribution in [0.1, 0.15) is 12.8 Å². The molecule has 2 saturated heterocycles. The van der Waals surface area contributed by atoms with Gasteiger partial charge in [-0.3, -0.25) is 0 Å². The Balaban J connectivity index is 1.33. The van der Waals surface area contributed by atoms with Gasteiger partial charge in [0.15, 0.2) is 19.7 Å². The van der Waals surface area contributed by atoms with Crippen LogP contribution in [0.4, 0.5) is 9.59 Å². The molecule has 0 saturated carbocycles. The molecule has 0 radical (unpaired) electrons. The van der Waals surface area contributed by atoms with E-state index in [2.05, 4.69) is 10.6 Å². The minimum absolute atomic E-state index is 0.0559. The van der Waals surface area contributed by atoms with Gasteiger partial charge >= 0.3 is 12.2 Å². The molecule has 0 aromatic rings. The summed E-state index contributed by atoms with van der Waals surface area (Å²) in [5.74, 6) is 0.387. The Hall–Kier alpha value is -1.64. The summed E-state index contributed by atoms with van der Waals surface area (Å²) in [6.07, 6.45) is -0.124. The highest BCUT2D eigenvalue weighted by Gasteiger charge is 2.28. The molecule has 2 aliphatic rings. The summed E-state index contributed by atoms with van der Waals surface area (Å²) < 4.78 is 65.8. The zero-order valence-electron chi connectivity index (χ0n) is 18.0. The summed E-state index contributed by atoms with van der Waals surface area (Å²) in [7, 11) is -5.93. The Morgan fingerprint density at radius 1 is 0.656 bits per heavy atom. The number of sulfone groups is 2. The smallest absolute Gasteiger partial charge is 0.407 e. The zero-order valence-corrected chi connectivity index (χ0v) is 19.6. The first-order valence-corrected chi connectivity index (χ1v) is 14.2. The number of hydrogen-bond donors (Lipinski definition) is 2. The van der Waals surface area contributed by atoms with Gasteiger partial charge in [-0.2, -0.15) is 0 Å². The average Bonchev–Trinajstić information content (AvgIpc) is 3.26. The number of ether oxygens (including phenoxy) is 4. The van der Waals surface area contributed by atoms with E-state index in [9.17, 15) is 26.4 Å². The van der Waals surface area contributed by atoms with Crippen molar-refractivity contribution in [2.45, 2.75) is 12.8 Å². The minimum Gasteiger partial charge on any atom is -0.447 e. The molecule has 186 valence electrons. The van der Waals surface area contributed by atoms with Crippen LogP contribution >= 0.6 is 0 Å². The topological polar surface area (TPSA) is 163 Å². The van der Waals surface area contributed by atoms with Crippen LogP contribution < -0.4 is 10.6 Å². The number of amides is 2. The first kappa shape index (κ1) is 26.6. The molecule has 12 nitrogen and oxygen atoms in total. The second kappa shape index (κ2) is 13.2. The Kier molecular flexibility index (Phi) is 10.9. The standard InChI is InChI=1S/C18H32N2O10S2/c21-17(19-11-15-1-9-31(23,24)13-15)29-7-5-27-3-4-28-6-8-30-18(22)20-12-16-2-10-32(25,26)14-16/h15-16H,1-14H2,(H,19,21)(H,20,22). The average molecular weight is 501 g/mol. The Morgan fingerprint density at radius 2 is 1.03 bits per heavy atom. The maximum atomic E-state index is 11.5. The van der Waals surface area contributed by atoms with Crippen LogP contribution in [0.5, 0.6) is 0 Å². The van der Waals surface area contributed by atoms with Crippen molar-refractivity contribution in [2.24, 2.45) is 11.8 Å². The van der Waals surface area contributed by atoms with Crippen molar-refractivity contribution in [3.05, 3.63) is 0 Å². The van der Waals surface area contributed by atoms with Crippen molar-refractivity contribution < 1.29 is 45.4 Å². The van der Waals surface area contributed by atoms with Gasteiger partial charge in [-0.1, -0.05) is 0 Å². The quantitative estimate of drug-likeness (QED) is 0.310. The van der Waals surface area contributed by atoms with E-state index in [1.807, 2.05) is 0 Å². The fourth-order valence-electron chi connectivity index (χ4n) is 3.33. The van der Waals surface area contributed by atoms with Gasteiger partial charge in [0.05, 0.1) is 49.4 Å². The summed E-state index contributed by atoms with van der Waals surface area (Å²) in [4.78, 5) is 23.1. The molecule has 2 heterocycles. The molecule has 2 aliphatic heterocycles. The SMILES string of the molecule is O=C(NCC1CCS(=O)(=O)C1)OCCOCCOCCOC(=O)NCC1CCS(=O)(=O)C1. The molecule has 0 aromatic heterocycles. The highest BCUT2D eigenvalue weighted by molar-refractivity contribution is 7.91. The van der Waals surface area contributed by atoms with Crippen molar-refractivity contribution in [2.75, 3.05) is 75.7 Å². The third-order valence-corrected chi connectivity index (χ3v) is 8.69. The van der Waals surface area contributed by atoms with Crippen molar-refractivity contribution in [1.82, 2.24) is 10.6 Å². The summed E-state index contributed by atoms with van der Waals surface area (Å²) >= 11 is 0. The predicted octanol–water partition coefficient (Wildman–Crippen LogP) is -0.659. The van der Waals surface area contributed by atoms with Gasteiger partial charge < -0.3 is 29.6 Å². The third kappa shape index (κ3) is 11.3. The molecule has 0 bridgehead atoms. The van der Waals surface area contributed by atoms with E-state index in [1.165, 1.54) is 0 Å². The Bertz CT molecular complexity index is 748. The van der Waals surface area contributed by atoms with E-state index < -0.39 is 31.9 Å². The van der Waals surface area contributed by atoms with E-state index in [0.717, 1.165) is 0 Å². The minimum atomic E-state index is -2.96. The number of hydrogen-bond acceptors (Lipinski definition) is 10. The monoisotopic (exact) mass is 500 g/mol. The maximum absolute atomic E-state index is 11.5. The fourth-order valence-corrected chi connectivity index (χ4v) is 7.06. The summed E-state index contributed by atoms with van der Waals surface area (Å²) in [6.45, 7) is 1.57. The van der Waals surface area contributed by atoms with Gasteiger partial charge in [-0.15, -0.1) is 0 Å². The molecule has 2 rings (SSSR count). The van der Waals surface area contributed by atoms with Crippen LogP contribution in [0.25, 0.3) is 0 Å². The third-order valence-electron chi connectivity index (χ3n) is 5.02. The Labute approximate surface area is 188 Å². The van der Waals surface area contributed by atoms with Crippen molar-refractivity contribution in [1.29, 1.82) is 0 Å². The summed E-state index contributed by atoms with van der Waals surface area (Å²) in [6, 6.07) is 0. The predicted molar refractivity (Wildman–Crippen MR) is 114 cm³/mol. The van der Waals surface area contributed by atoms with Crippen molar-refractivity contribution >= 4 is 31.9 Å². The molecule has 0 aliphatic carbocycles. The van der Waals surface area contributed by atoms with Crippen LogP contribution in [-0.2, 0) is 38.6 Å². The fraction of sp³-hybridized carbons (Fsp3) is 0.889. The number of carbonyl (C=O) groups excluding carboxylic acids is 2. The Morgan fingerprint density at radius 3 is 1.38 bits per heavy atom. The van der Waals surface area contributed by atoms with E-state index in [4.69, 9.17) is 18.9 Å². The van der Waals surface area contributed by atoms with Crippen LogP contribution in [0.15, 0.2) is 0 Å². The first-order valence-electron chi connectivity index (χ1n) is 10.5. The van der Waals surface area contributed by atoms with Crippen molar-refractivity contribution in [3.8, 4) is 0 Å². The van der Waals surface area contributed by atoms with Crippen LogP contribution in [-0.4, -0.2) is 105 Å². The van der Waals surface area contributed by atoms with E-state index in [1.54, 1.807) is 0 Å². The van der Waals surface area contributed by atoms with Gasteiger partial charge in [0.2, 0.25) is 0 Å². The lowest BCUT2D eigenvalue weighted by Crippen LogP contribution is -2.31. The zero-order chi connectivity index (χ0) is 23.5. The highest BCUT2D eigenvalue weighted by Crippen LogP contribution is 2.18. The van der Waals surface area contributed by atoms with Crippen LogP contribution in [0.2, 0.25) is 0 Å². The van der Waals surface area contributed by atoms with E-state index in [0.29, 0.717) is 12.8 Å². The maximum Gasteiger partial charge on any atom is 0.407 e. The lowest BCUT2D eigenvalue weighted by Gasteiger charge is -2.11. The molecule has 2 atom stereocenters. The van der Waals surface area contributed by atoms with Crippen LogP contribution in [0.3, 0.4) is 0 Å². The molecule has 2 unspecified atom stereocenters. The lowest BCUT2D eigenvalue weighted by molar-refractivity contribution is 0.0155. The van der Waals surface area contributed by atoms with Crippen LogP contribution in [0, 0.1) is 11.8 Å².